The van der Waals surface area contributed by atoms with Crippen LogP contribution in [0.2, 0.25) is 0 Å². The van der Waals surface area contributed by atoms with Crippen LogP contribution in [-0.4, -0.2) is 37.0 Å². The molecule has 0 radical (unpaired) electrons. The summed E-state index contributed by atoms with van der Waals surface area (Å²) in [4.78, 5) is 25.4. The van der Waals surface area contributed by atoms with Crippen LogP contribution in [0.4, 0.5) is 0 Å². The summed E-state index contributed by atoms with van der Waals surface area (Å²) in [7, 11) is 0. The SMILES string of the molecule is Cc1ccccc1C(=O)NC(CC(C)C)C(=O)NC1CCNCC1C. The van der Waals surface area contributed by atoms with E-state index in [2.05, 4.69) is 36.7 Å². The smallest absolute Gasteiger partial charge is 0.252 e. The Morgan fingerprint density at radius 1 is 1.28 bits per heavy atom. The average molecular weight is 345 g/mol. The molecule has 2 amide bonds. The molecule has 25 heavy (non-hydrogen) atoms. The number of carbonyl (C=O) groups excluding carboxylic acids is 2. The first-order chi connectivity index (χ1) is 11.9. The van der Waals surface area contributed by atoms with E-state index in [1.807, 2.05) is 25.1 Å². The molecule has 1 aliphatic heterocycles. The van der Waals surface area contributed by atoms with Crippen molar-refractivity contribution in [3.05, 3.63) is 35.4 Å². The zero-order valence-corrected chi connectivity index (χ0v) is 15.8. The van der Waals surface area contributed by atoms with E-state index in [9.17, 15) is 9.59 Å². The summed E-state index contributed by atoms with van der Waals surface area (Å²) >= 11 is 0. The Balaban J connectivity index is 2.05. The Morgan fingerprint density at radius 3 is 2.64 bits per heavy atom. The molecule has 1 saturated heterocycles. The number of piperidine rings is 1. The van der Waals surface area contributed by atoms with Crippen LogP contribution in [0.15, 0.2) is 24.3 Å². The van der Waals surface area contributed by atoms with Crippen molar-refractivity contribution in [2.24, 2.45) is 11.8 Å². The molecule has 3 unspecified atom stereocenters. The number of hydrogen-bond acceptors (Lipinski definition) is 3. The molecular weight excluding hydrogens is 314 g/mol. The highest BCUT2D eigenvalue weighted by Crippen LogP contribution is 2.13. The Labute approximate surface area is 151 Å². The van der Waals surface area contributed by atoms with E-state index in [0.717, 1.165) is 25.1 Å². The van der Waals surface area contributed by atoms with Gasteiger partial charge < -0.3 is 16.0 Å². The minimum absolute atomic E-state index is 0.0746. The van der Waals surface area contributed by atoms with E-state index in [0.29, 0.717) is 23.8 Å². The van der Waals surface area contributed by atoms with Gasteiger partial charge in [0, 0.05) is 11.6 Å². The molecule has 0 aliphatic carbocycles. The van der Waals surface area contributed by atoms with Crippen molar-refractivity contribution in [1.29, 1.82) is 0 Å². The third-order valence-electron chi connectivity index (χ3n) is 4.83. The Morgan fingerprint density at radius 2 is 2.00 bits per heavy atom. The summed E-state index contributed by atoms with van der Waals surface area (Å²) in [6.07, 6.45) is 1.55. The van der Waals surface area contributed by atoms with Crippen molar-refractivity contribution in [2.45, 2.75) is 52.6 Å². The van der Waals surface area contributed by atoms with Crippen molar-refractivity contribution in [3.63, 3.8) is 0 Å². The van der Waals surface area contributed by atoms with Crippen LogP contribution in [0.25, 0.3) is 0 Å². The molecule has 5 heteroatoms. The predicted octanol–water partition coefficient (Wildman–Crippen LogP) is 2.25. The van der Waals surface area contributed by atoms with E-state index in [1.165, 1.54) is 0 Å². The molecule has 1 aromatic rings. The molecule has 2 rings (SSSR count). The molecule has 0 bridgehead atoms. The topological polar surface area (TPSA) is 70.2 Å². The maximum Gasteiger partial charge on any atom is 0.252 e. The summed E-state index contributed by atoms with van der Waals surface area (Å²) in [6.45, 7) is 10.00. The van der Waals surface area contributed by atoms with Gasteiger partial charge in [-0.05, 0) is 56.3 Å². The van der Waals surface area contributed by atoms with Gasteiger partial charge in [0.05, 0.1) is 0 Å². The fraction of sp³-hybridized carbons (Fsp3) is 0.600. The van der Waals surface area contributed by atoms with Gasteiger partial charge in [0.1, 0.15) is 6.04 Å². The quantitative estimate of drug-likeness (QED) is 0.741. The van der Waals surface area contributed by atoms with Crippen LogP contribution in [0.3, 0.4) is 0 Å². The number of hydrogen-bond donors (Lipinski definition) is 3. The lowest BCUT2D eigenvalue weighted by atomic mass is 9.94. The van der Waals surface area contributed by atoms with Crippen molar-refractivity contribution < 1.29 is 9.59 Å². The average Bonchev–Trinajstić information content (AvgIpc) is 2.56. The van der Waals surface area contributed by atoms with Gasteiger partial charge in [0.25, 0.3) is 5.91 Å². The molecule has 1 heterocycles. The first-order valence-corrected chi connectivity index (χ1v) is 9.26. The van der Waals surface area contributed by atoms with Crippen molar-refractivity contribution >= 4 is 11.8 Å². The zero-order valence-electron chi connectivity index (χ0n) is 15.8. The molecule has 1 fully saturated rings. The zero-order chi connectivity index (χ0) is 18.4. The summed E-state index contributed by atoms with van der Waals surface area (Å²) in [5, 5.41) is 9.43. The highest BCUT2D eigenvalue weighted by molar-refractivity contribution is 5.98. The van der Waals surface area contributed by atoms with E-state index in [-0.39, 0.29) is 17.9 Å². The number of aryl methyl sites for hydroxylation is 1. The number of benzene rings is 1. The van der Waals surface area contributed by atoms with Crippen LogP contribution in [0.1, 0.15) is 49.5 Å². The van der Waals surface area contributed by atoms with Crippen molar-refractivity contribution in [1.82, 2.24) is 16.0 Å². The number of amides is 2. The van der Waals surface area contributed by atoms with Gasteiger partial charge in [-0.25, -0.2) is 0 Å². The molecule has 5 nitrogen and oxygen atoms in total. The van der Waals surface area contributed by atoms with Gasteiger partial charge in [0.15, 0.2) is 0 Å². The largest absolute Gasteiger partial charge is 0.351 e. The van der Waals surface area contributed by atoms with Crippen LogP contribution >= 0.6 is 0 Å². The number of carbonyl (C=O) groups is 2. The van der Waals surface area contributed by atoms with Crippen molar-refractivity contribution in [3.8, 4) is 0 Å². The number of rotatable bonds is 6. The normalized spacial score (nSPS) is 21.6. The van der Waals surface area contributed by atoms with E-state index in [4.69, 9.17) is 0 Å². The van der Waals surface area contributed by atoms with Crippen LogP contribution in [0.5, 0.6) is 0 Å². The second-order valence-corrected chi connectivity index (χ2v) is 7.56. The maximum atomic E-state index is 12.8. The summed E-state index contributed by atoms with van der Waals surface area (Å²) in [5.74, 6) is 0.453. The fourth-order valence-corrected chi connectivity index (χ4v) is 3.28. The van der Waals surface area contributed by atoms with Crippen LogP contribution in [-0.2, 0) is 4.79 Å². The molecule has 0 saturated carbocycles. The maximum absolute atomic E-state index is 12.8. The van der Waals surface area contributed by atoms with E-state index < -0.39 is 6.04 Å². The predicted molar refractivity (Wildman–Crippen MR) is 100 cm³/mol. The molecule has 0 spiro atoms. The molecule has 0 aromatic heterocycles. The van der Waals surface area contributed by atoms with E-state index in [1.54, 1.807) is 6.07 Å². The molecular formula is C20H31N3O2. The fourth-order valence-electron chi connectivity index (χ4n) is 3.28. The Kier molecular flexibility index (Phi) is 7.00. The first kappa shape index (κ1) is 19.4. The summed E-state index contributed by atoms with van der Waals surface area (Å²) in [6, 6.07) is 7.11. The van der Waals surface area contributed by atoms with Crippen LogP contribution in [0, 0.1) is 18.8 Å². The molecule has 1 aliphatic rings. The molecule has 1 aromatic carbocycles. The molecule has 3 atom stereocenters. The van der Waals surface area contributed by atoms with Gasteiger partial charge in [0.2, 0.25) is 5.91 Å². The highest BCUT2D eigenvalue weighted by atomic mass is 16.2. The van der Waals surface area contributed by atoms with Gasteiger partial charge >= 0.3 is 0 Å². The third kappa shape index (κ3) is 5.56. The lowest BCUT2D eigenvalue weighted by Crippen LogP contribution is -2.54. The second-order valence-electron chi connectivity index (χ2n) is 7.56. The lowest BCUT2D eigenvalue weighted by Gasteiger charge is -2.32. The van der Waals surface area contributed by atoms with Gasteiger partial charge in [-0.3, -0.25) is 9.59 Å². The highest BCUT2D eigenvalue weighted by Gasteiger charge is 2.28. The second kappa shape index (κ2) is 8.99. The monoisotopic (exact) mass is 345 g/mol. The first-order valence-electron chi connectivity index (χ1n) is 9.26. The van der Waals surface area contributed by atoms with Gasteiger partial charge in [-0.1, -0.05) is 39.0 Å². The Hall–Kier alpha value is -1.88. The standard InChI is InChI=1S/C20H31N3O2/c1-13(2)11-18(20(25)22-17-9-10-21-12-15(17)4)23-19(24)16-8-6-5-7-14(16)3/h5-8,13,15,17-18,21H,9-12H2,1-4H3,(H,22,25)(H,23,24). The van der Waals surface area contributed by atoms with Gasteiger partial charge in [-0.15, -0.1) is 0 Å². The molecule has 138 valence electrons. The van der Waals surface area contributed by atoms with E-state index >= 15 is 0 Å². The number of nitrogens with one attached hydrogen (secondary N) is 3. The Bertz CT molecular complexity index is 600. The third-order valence-corrected chi connectivity index (χ3v) is 4.83. The van der Waals surface area contributed by atoms with Gasteiger partial charge in [-0.2, -0.15) is 0 Å². The lowest BCUT2D eigenvalue weighted by molar-refractivity contribution is -0.124. The minimum Gasteiger partial charge on any atom is -0.351 e. The van der Waals surface area contributed by atoms with Crippen LogP contribution < -0.4 is 16.0 Å². The minimum atomic E-state index is -0.505. The molecule has 3 N–H and O–H groups in total. The summed E-state index contributed by atoms with van der Waals surface area (Å²) < 4.78 is 0. The summed E-state index contributed by atoms with van der Waals surface area (Å²) in [5.41, 5.74) is 1.54. The van der Waals surface area contributed by atoms with Crippen molar-refractivity contribution in [2.75, 3.05) is 13.1 Å².